The Balaban J connectivity index is 2.17. The molecule has 0 aliphatic rings. The van der Waals surface area contributed by atoms with Gasteiger partial charge in [0.1, 0.15) is 0 Å². The van der Waals surface area contributed by atoms with Gasteiger partial charge < -0.3 is 9.64 Å². The molecule has 0 fully saturated rings. The molecule has 0 saturated carbocycles. The third-order valence-electron chi connectivity index (χ3n) is 4.51. The summed E-state index contributed by atoms with van der Waals surface area (Å²) in [6.07, 6.45) is 5.83. The number of rotatable bonds is 10. The Morgan fingerprint density at radius 1 is 0.929 bits per heavy atom. The number of benzene rings is 2. The number of anilines is 1. The monoisotopic (exact) mass is 377 g/mol. The van der Waals surface area contributed by atoms with Gasteiger partial charge in [-0.15, -0.1) is 5.92 Å². The van der Waals surface area contributed by atoms with E-state index in [-0.39, 0.29) is 5.97 Å². The number of carbonyl (C=O) groups excluding carboxylic acids is 1. The Morgan fingerprint density at radius 2 is 1.68 bits per heavy atom. The van der Waals surface area contributed by atoms with Gasteiger partial charge in [-0.05, 0) is 31.0 Å². The predicted molar refractivity (Wildman–Crippen MR) is 116 cm³/mol. The molecule has 3 heteroatoms. The zero-order valence-electron chi connectivity index (χ0n) is 17.1. The molecule has 2 rings (SSSR count). The van der Waals surface area contributed by atoms with Crippen LogP contribution < -0.4 is 4.90 Å². The summed E-state index contributed by atoms with van der Waals surface area (Å²) in [4.78, 5) is 14.6. The van der Waals surface area contributed by atoms with Gasteiger partial charge in [0.15, 0.2) is 0 Å². The molecule has 3 nitrogen and oxygen atoms in total. The predicted octanol–water partition coefficient (Wildman–Crippen LogP) is 5.84. The number of ether oxygens (including phenoxy) is 1. The molecule has 0 radical (unpaired) electrons. The van der Waals surface area contributed by atoms with Crippen LogP contribution in [0.2, 0.25) is 0 Å². The molecular formula is C25H31NO2. The second kappa shape index (κ2) is 12.6. The number of carbonyl (C=O) groups is 1. The van der Waals surface area contributed by atoms with Crippen LogP contribution in [0.15, 0.2) is 54.6 Å². The van der Waals surface area contributed by atoms with Crippen molar-refractivity contribution in [2.24, 2.45) is 0 Å². The molecule has 0 unspecified atom stereocenters. The molecule has 2 aromatic rings. The summed E-state index contributed by atoms with van der Waals surface area (Å²) in [5.74, 6) is 6.31. The van der Waals surface area contributed by atoms with Gasteiger partial charge in [0.05, 0.1) is 24.4 Å². The Bertz CT molecular complexity index is 774. The van der Waals surface area contributed by atoms with Gasteiger partial charge in [0, 0.05) is 13.0 Å². The maximum absolute atomic E-state index is 12.4. The molecule has 28 heavy (non-hydrogen) atoms. The molecule has 0 aliphatic carbocycles. The highest BCUT2D eigenvalue weighted by Gasteiger charge is 2.17. The maximum Gasteiger partial charge on any atom is 0.340 e. The van der Waals surface area contributed by atoms with Gasteiger partial charge in [-0.3, -0.25) is 0 Å². The van der Waals surface area contributed by atoms with Crippen LogP contribution >= 0.6 is 0 Å². The quantitative estimate of drug-likeness (QED) is 0.296. The Hall–Kier alpha value is -2.73. The topological polar surface area (TPSA) is 29.5 Å². The fourth-order valence-electron chi connectivity index (χ4n) is 3.04. The molecule has 0 aromatic heterocycles. The number of unbranched alkanes of at least 4 members (excludes halogenated alkanes) is 4. The minimum absolute atomic E-state index is 0.288. The fraction of sp³-hybridized carbons (Fsp3) is 0.400. The Morgan fingerprint density at radius 3 is 2.43 bits per heavy atom. The summed E-state index contributed by atoms with van der Waals surface area (Å²) in [6.45, 7) is 5.69. The summed E-state index contributed by atoms with van der Waals surface area (Å²) in [5.41, 5.74) is 2.64. The lowest BCUT2D eigenvalue weighted by atomic mass is 10.1. The lowest BCUT2D eigenvalue weighted by molar-refractivity contribution is 0.0527. The van der Waals surface area contributed by atoms with Gasteiger partial charge in [-0.25, -0.2) is 4.79 Å². The van der Waals surface area contributed by atoms with E-state index < -0.39 is 0 Å². The van der Waals surface area contributed by atoms with E-state index in [1.165, 1.54) is 24.8 Å². The normalized spacial score (nSPS) is 10.1. The first-order valence-corrected chi connectivity index (χ1v) is 10.3. The zero-order valence-corrected chi connectivity index (χ0v) is 17.1. The van der Waals surface area contributed by atoms with Crippen molar-refractivity contribution in [2.45, 2.75) is 52.5 Å². The second-order valence-electron chi connectivity index (χ2n) is 6.74. The molecule has 0 heterocycles. The van der Waals surface area contributed by atoms with Crippen molar-refractivity contribution < 1.29 is 9.53 Å². The van der Waals surface area contributed by atoms with Crippen molar-refractivity contribution in [3.05, 3.63) is 65.7 Å². The summed E-state index contributed by atoms with van der Waals surface area (Å²) in [7, 11) is 0. The van der Waals surface area contributed by atoms with Crippen molar-refractivity contribution in [3.63, 3.8) is 0 Å². The van der Waals surface area contributed by atoms with Crippen LogP contribution in [0.25, 0.3) is 0 Å². The summed E-state index contributed by atoms with van der Waals surface area (Å²) >= 11 is 0. The average molecular weight is 378 g/mol. The average Bonchev–Trinajstić information content (AvgIpc) is 2.73. The van der Waals surface area contributed by atoms with Crippen molar-refractivity contribution in [2.75, 3.05) is 18.1 Å². The number of esters is 1. The third-order valence-corrected chi connectivity index (χ3v) is 4.51. The number of para-hydroxylation sites is 1. The molecular weight excluding hydrogens is 346 g/mol. The van der Waals surface area contributed by atoms with E-state index in [1.54, 1.807) is 0 Å². The van der Waals surface area contributed by atoms with Crippen LogP contribution in [0.3, 0.4) is 0 Å². The van der Waals surface area contributed by atoms with E-state index in [0.29, 0.717) is 25.3 Å². The largest absolute Gasteiger partial charge is 0.462 e. The first-order chi connectivity index (χ1) is 13.8. The molecule has 2 aromatic carbocycles. The first kappa shape index (κ1) is 21.6. The van der Waals surface area contributed by atoms with Crippen molar-refractivity contribution in [1.82, 2.24) is 0 Å². The van der Waals surface area contributed by atoms with Crippen LogP contribution in [-0.2, 0) is 11.3 Å². The second-order valence-corrected chi connectivity index (χ2v) is 6.74. The van der Waals surface area contributed by atoms with Crippen LogP contribution in [0.4, 0.5) is 5.69 Å². The third kappa shape index (κ3) is 7.12. The minimum Gasteiger partial charge on any atom is -0.462 e. The van der Waals surface area contributed by atoms with Crippen LogP contribution in [0.1, 0.15) is 61.9 Å². The Kier molecular flexibility index (Phi) is 9.72. The molecule has 0 aliphatic heterocycles. The molecule has 0 bridgehead atoms. The molecule has 148 valence electrons. The standard InChI is InChI=1S/C25H31NO2/c1-3-5-6-7-8-9-15-20-26(21-22-16-11-10-12-17-22)24-19-14-13-18-23(24)25(27)28-4-2/h10-14,16-19H,3-8,20-21H2,1-2H3. The number of nitrogens with zero attached hydrogens (tertiary/aromatic N) is 1. The fourth-order valence-corrected chi connectivity index (χ4v) is 3.04. The van der Waals surface area contributed by atoms with Crippen LogP contribution in [0, 0.1) is 11.8 Å². The summed E-state index contributed by atoms with van der Waals surface area (Å²) < 4.78 is 5.25. The zero-order chi connectivity index (χ0) is 20.0. The molecule has 0 amide bonds. The summed E-state index contributed by atoms with van der Waals surface area (Å²) in [5, 5.41) is 0. The van der Waals surface area contributed by atoms with Gasteiger partial charge in [0.25, 0.3) is 0 Å². The van der Waals surface area contributed by atoms with E-state index in [4.69, 9.17) is 4.74 Å². The highest BCUT2D eigenvalue weighted by molar-refractivity contribution is 5.96. The van der Waals surface area contributed by atoms with E-state index in [2.05, 4.69) is 35.8 Å². The van der Waals surface area contributed by atoms with Crippen LogP contribution in [0.5, 0.6) is 0 Å². The Labute approximate surface area is 169 Å². The maximum atomic E-state index is 12.4. The lowest BCUT2D eigenvalue weighted by Gasteiger charge is -2.24. The summed E-state index contributed by atoms with van der Waals surface area (Å²) in [6, 6.07) is 17.9. The molecule has 0 spiro atoms. The lowest BCUT2D eigenvalue weighted by Crippen LogP contribution is -2.25. The van der Waals surface area contributed by atoms with Crippen molar-refractivity contribution in [1.29, 1.82) is 0 Å². The van der Waals surface area contributed by atoms with E-state index in [1.807, 2.05) is 49.4 Å². The van der Waals surface area contributed by atoms with Crippen LogP contribution in [-0.4, -0.2) is 19.1 Å². The highest BCUT2D eigenvalue weighted by Crippen LogP contribution is 2.23. The van der Waals surface area contributed by atoms with E-state index in [0.717, 1.165) is 18.5 Å². The van der Waals surface area contributed by atoms with Gasteiger partial charge in [-0.1, -0.05) is 74.6 Å². The van der Waals surface area contributed by atoms with Crippen molar-refractivity contribution in [3.8, 4) is 11.8 Å². The highest BCUT2D eigenvalue weighted by atomic mass is 16.5. The van der Waals surface area contributed by atoms with Gasteiger partial charge in [0.2, 0.25) is 0 Å². The van der Waals surface area contributed by atoms with Crippen molar-refractivity contribution >= 4 is 11.7 Å². The molecule has 0 atom stereocenters. The first-order valence-electron chi connectivity index (χ1n) is 10.3. The van der Waals surface area contributed by atoms with Gasteiger partial charge in [-0.2, -0.15) is 0 Å². The van der Waals surface area contributed by atoms with Gasteiger partial charge >= 0.3 is 5.97 Å². The number of hydrogen-bond donors (Lipinski definition) is 0. The minimum atomic E-state index is -0.288. The van der Waals surface area contributed by atoms with E-state index in [9.17, 15) is 4.79 Å². The molecule has 0 N–H and O–H groups in total. The SMILES string of the molecule is CCCCCCC#CCN(Cc1ccccc1)c1ccccc1C(=O)OCC. The smallest absolute Gasteiger partial charge is 0.340 e. The van der Waals surface area contributed by atoms with E-state index >= 15 is 0 Å². The molecule has 0 saturated heterocycles. The number of hydrogen-bond acceptors (Lipinski definition) is 3.